The molecule has 1 fully saturated rings. The second-order valence-electron chi connectivity index (χ2n) is 6.18. The Balaban J connectivity index is 1.85. The normalized spacial score (nSPS) is 15.9. The summed E-state index contributed by atoms with van der Waals surface area (Å²) in [6, 6.07) is -0.542. The average molecular weight is 351 g/mol. The summed E-state index contributed by atoms with van der Waals surface area (Å²) in [7, 11) is 0. The van der Waals surface area contributed by atoms with Gasteiger partial charge in [-0.25, -0.2) is 4.79 Å². The van der Waals surface area contributed by atoms with Gasteiger partial charge in [0.25, 0.3) is 11.8 Å². The van der Waals surface area contributed by atoms with Crippen molar-refractivity contribution in [3.05, 3.63) is 17.0 Å². The quantitative estimate of drug-likeness (QED) is 0.506. The molecule has 0 atom stereocenters. The molecule has 0 saturated carbocycles. The van der Waals surface area contributed by atoms with Gasteiger partial charge in [-0.3, -0.25) is 30.1 Å². The lowest BCUT2D eigenvalue weighted by Gasteiger charge is -2.15. The van der Waals surface area contributed by atoms with E-state index in [1.807, 2.05) is 6.92 Å². The highest BCUT2D eigenvalue weighted by Gasteiger charge is 2.44. The van der Waals surface area contributed by atoms with Gasteiger partial charge < -0.3 is 9.84 Å². The van der Waals surface area contributed by atoms with Gasteiger partial charge in [-0.1, -0.05) is 12.1 Å². The van der Waals surface area contributed by atoms with Crippen LogP contribution in [0.25, 0.3) is 0 Å². The minimum atomic E-state index is -0.982. The van der Waals surface area contributed by atoms with E-state index >= 15 is 0 Å². The van der Waals surface area contributed by atoms with E-state index in [0.29, 0.717) is 17.9 Å². The fraction of sp³-hybridized carbons (Fsp3) is 0.533. The molecule has 0 aromatic carbocycles. The van der Waals surface area contributed by atoms with E-state index in [1.54, 1.807) is 20.8 Å². The number of rotatable bonds is 5. The fourth-order valence-corrected chi connectivity index (χ4v) is 2.44. The SMILES string of the molecule is CCc1noc(C)c1C(=O)NNC(=O)CCN1C(=O)NC(C)(C)C1=O. The third-order valence-electron chi connectivity index (χ3n) is 3.82. The van der Waals surface area contributed by atoms with Crippen molar-refractivity contribution in [3.63, 3.8) is 0 Å². The zero-order valence-electron chi connectivity index (χ0n) is 14.6. The van der Waals surface area contributed by atoms with Crippen LogP contribution in [-0.2, 0) is 16.0 Å². The Morgan fingerprint density at radius 1 is 1.28 bits per heavy atom. The van der Waals surface area contributed by atoms with Gasteiger partial charge in [0.2, 0.25) is 5.91 Å². The Morgan fingerprint density at radius 3 is 2.52 bits per heavy atom. The Hall–Kier alpha value is -2.91. The molecule has 25 heavy (non-hydrogen) atoms. The Kier molecular flexibility index (Phi) is 5.10. The zero-order chi connectivity index (χ0) is 18.8. The smallest absolute Gasteiger partial charge is 0.325 e. The van der Waals surface area contributed by atoms with Crippen molar-refractivity contribution >= 4 is 23.8 Å². The van der Waals surface area contributed by atoms with Gasteiger partial charge in [0.05, 0.1) is 5.69 Å². The van der Waals surface area contributed by atoms with Crippen molar-refractivity contribution in [2.24, 2.45) is 0 Å². The van der Waals surface area contributed by atoms with Crippen LogP contribution in [0.4, 0.5) is 4.79 Å². The molecule has 1 aromatic rings. The summed E-state index contributed by atoms with van der Waals surface area (Å²) in [5, 5.41) is 6.29. The predicted octanol–water partition coefficient (Wildman–Crippen LogP) is 0.0269. The van der Waals surface area contributed by atoms with Gasteiger partial charge in [0.1, 0.15) is 16.9 Å². The highest BCUT2D eigenvalue weighted by atomic mass is 16.5. The van der Waals surface area contributed by atoms with Gasteiger partial charge >= 0.3 is 6.03 Å². The standard InChI is InChI=1S/C15H21N5O5/c1-5-9-11(8(2)25-19-9)12(22)18-17-10(21)6-7-20-13(23)15(3,4)16-14(20)24/h5-7H2,1-4H3,(H,16,24)(H,17,21)(H,18,22). The summed E-state index contributed by atoms with van der Waals surface area (Å²) in [4.78, 5) is 48.7. The van der Waals surface area contributed by atoms with Gasteiger partial charge in [-0.15, -0.1) is 0 Å². The second kappa shape index (κ2) is 6.91. The van der Waals surface area contributed by atoms with E-state index in [-0.39, 0.29) is 18.5 Å². The van der Waals surface area contributed by atoms with Crippen molar-refractivity contribution < 1.29 is 23.7 Å². The number of nitrogens with one attached hydrogen (secondary N) is 3. The average Bonchev–Trinajstić information content (AvgIpc) is 3.01. The summed E-state index contributed by atoms with van der Waals surface area (Å²) in [6.07, 6.45) is 0.370. The molecule has 5 amide bonds. The van der Waals surface area contributed by atoms with Crippen LogP contribution >= 0.6 is 0 Å². The minimum Gasteiger partial charge on any atom is -0.361 e. The number of hydrogen-bond acceptors (Lipinski definition) is 6. The highest BCUT2D eigenvalue weighted by Crippen LogP contribution is 2.16. The van der Waals surface area contributed by atoms with Crippen LogP contribution < -0.4 is 16.2 Å². The Morgan fingerprint density at radius 2 is 1.96 bits per heavy atom. The zero-order valence-corrected chi connectivity index (χ0v) is 14.6. The maximum absolute atomic E-state index is 12.1. The first-order valence-corrected chi connectivity index (χ1v) is 7.85. The van der Waals surface area contributed by atoms with E-state index in [1.165, 1.54) is 0 Å². The number of hydrazine groups is 1. The summed E-state index contributed by atoms with van der Waals surface area (Å²) in [5.74, 6) is -1.13. The molecule has 0 aliphatic carbocycles. The van der Waals surface area contributed by atoms with E-state index < -0.39 is 29.3 Å². The number of aromatic nitrogens is 1. The van der Waals surface area contributed by atoms with E-state index in [0.717, 1.165) is 4.90 Å². The molecule has 1 aliphatic heterocycles. The van der Waals surface area contributed by atoms with Crippen LogP contribution in [-0.4, -0.2) is 45.9 Å². The molecule has 1 saturated heterocycles. The van der Waals surface area contributed by atoms with Gasteiger partial charge in [-0.05, 0) is 27.2 Å². The first-order chi connectivity index (χ1) is 11.7. The number of urea groups is 1. The topological polar surface area (TPSA) is 134 Å². The summed E-state index contributed by atoms with van der Waals surface area (Å²) in [5.41, 5.74) is 4.30. The monoisotopic (exact) mass is 351 g/mol. The lowest BCUT2D eigenvalue weighted by atomic mass is 10.1. The van der Waals surface area contributed by atoms with Gasteiger partial charge in [0, 0.05) is 13.0 Å². The van der Waals surface area contributed by atoms with E-state index in [2.05, 4.69) is 21.3 Å². The number of nitrogens with zero attached hydrogens (tertiary/aromatic N) is 2. The molecule has 2 heterocycles. The molecule has 10 nitrogen and oxygen atoms in total. The lowest BCUT2D eigenvalue weighted by Crippen LogP contribution is -2.44. The number of amides is 5. The van der Waals surface area contributed by atoms with E-state index in [9.17, 15) is 19.2 Å². The summed E-state index contributed by atoms with van der Waals surface area (Å²) < 4.78 is 4.96. The summed E-state index contributed by atoms with van der Waals surface area (Å²) >= 11 is 0. The fourth-order valence-electron chi connectivity index (χ4n) is 2.44. The summed E-state index contributed by atoms with van der Waals surface area (Å²) in [6.45, 7) is 6.51. The van der Waals surface area contributed by atoms with Crippen molar-refractivity contribution in [1.82, 2.24) is 26.2 Å². The third kappa shape index (κ3) is 3.78. The van der Waals surface area contributed by atoms with Gasteiger partial charge in [0.15, 0.2) is 0 Å². The molecule has 0 radical (unpaired) electrons. The maximum Gasteiger partial charge on any atom is 0.325 e. The first kappa shape index (κ1) is 18.4. The molecule has 1 aromatic heterocycles. The molecular formula is C15H21N5O5. The predicted molar refractivity (Wildman–Crippen MR) is 85.2 cm³/mol. The van der Waals surface area contributed by atoms with Crippen molar-refractivity contribution in [2.45, 2.75) is 46.1 Å². The van der Waals surface area contributed by atoms with Crippen LogP contribution in [0.1, 0.15) is 49.0 Å². The Bertz CT molecular complexity index is 724. The first-order valence-electron chi connectivity index (χ1n) is 7.85. The molecule has 0 spiro atoms. The van der Waals surface area contributed by atoms with Crippen LogP contribution in [0.2, 0.25) is 0 Å². The maximum atomic E-state index is 12.1. The number of hydrogen-bond donors (Lipinski definition) is 3. The third-order valence-corrected chi connectivity index (χ3v) is 3.82. The van der Waals surface area contributed by atoms with Crippen molar-refractivity contribution in [1.29, 1.82) is 0 Å². The molecule has 1 aliphatic rings. The molecule has 10 heteroatoms. The molecule has 0 bridgehead atoms. The highest BCUT2D eigenvalue weighted by molar-refractivity contribution is 6.06. The van der Waals surface area contributed by atoms with Gasteiger partial charge in [-0.2, -0.15) is 0 Å². The lowest BCUT2D eigenvalue weighted by molar-refractivity contribution is -0.130. The molecular weight excluding hydrogens is 330 g/mol. The number of carbonyl (C=O) groups is 4. The van der Waals surface area contributed by atoms with Crippen molar-refractivity contribution in [2.75, 3.05) is 6.54 Å². The number of aryl methyl sites for hydroxylation is 2. The Labute approximate surface area is 144 Å². The van der Waals surface area contributed by atoms with Crippen LogP contribution in [0, 0.1) is 6.92 Å². The largest absolute Gasteiger partial charge is 0.361 e. The number of carbonyl (C=O) groups excluding carboxylic acids is 4. The van der Waals surface area contributed by atoms with E-state index in [4.69, 9.17) is 4.52 Å². The second-order valence-corrected chi connectivity index (χ2v) is 6.18. The molecule has 3 N–H and O–H groups in total. The van der Waals surface area contributed by atoms with Crippen LogP contribution in [0.15, 0.2) is 4.52 Å². The van der Waals surface area contributed by atoms with Crippen molar-refractivity contribution in [3.8, 4) is 0 Å². The minimum absolute atomic E-state index is 0.0810. The van der Waals surface area contributed by atoms with Crippen LogP contribution in [0.3, 0.4) is 0 Å². The van der Waals surface area contributed by atoms with Crippen LogP contribution in [0.5, 0.6) is 0 Å². The molecule has 2 rings (SSSR count). The molecule has 136 valence electrons. The number of imide groups is 1. The molecule has 0 unspecified atom stereocenters.